The predicted octanol–water partition coefficient (Wildman–Crippen LogP) is 4.71. The maximum atomic E-state index is 13.4. The molecule has 0 saturated carbocycles. The molecule has 2 nitrogen and oxygen atoms in total. The minimum atomic E-state index is -0.579. The Morgan fingerprint density at radius 1 is 1.32 bits per heavy atom. The van der Waals surface area contributed by atoms with Gasteiger partial charge in [0.05, 0.1) is 15.7 Å². The highest BCUT2D eigenvalue weighted by Crippen LogP contribution is 2.29. The van der Waals surface area contributed by atoms with Crippen LogP contribution in [0, 0.1) is 5.82 Å². The Morgan fingerprint density at radius 2 is 1.95 bits per heavy atom. The maximum Gasteiger partial charge on any atom is 0.180 e. The Balaban J connectivity index is 2.30. The zero-order chi connectivity index (χ0) is 14.0. The average Bonchev–Trinajstić information content (AvgIpc) is 2.67. The minimum absolute atomic E-state index is 0.0389. The lowest BCUT2D eigenvalue weighted by atomic mass is 10.1. The smallest absolute Gasteiger partial charge is 0.180 e. The Kier molecular flexibility index (Phi) is 4.66. The molecule has 0 aliphatic heterocycles. The Labute approximate surface area is 125 Å². The standard InChI is InChI=1S/C13H13Cl2FN2S/c1-2-3-10-11(19-13(17)18-10)6-7-4-8(14)12(16)9(15)5-7/h4-5H,2-3,6H2,1H3,(H2,17,18). The first-order valence-corrected chi connectivity index (χ1v) is 7.46. The number of halogens is 3. The lowest BCUT2D eigenvalue weighted by Crippen LogP contribution is -1.94. The number of hydrogen-bond acceptors (Lipinski definition) is 3. The Hall–Kier alpha value is -0.840. The highest BCUT2D eigenvalue weighted by molar-refractivity contribution is 7.15. The molecule has 19 heavy (non-hydrogen) atoms. The second-order valence-electron chi connectivity index (χ2n) is 4.22. The van der Waals surface area contributed by atoms with Gasteiger partial charge in [-0.15, -0.1) is 11.3 Å². The van der Waals surface area contributed by atoms with Gasteiger partial charge in [0.15, 0.2) is 10.9 Å². The molecule has 0 bridgehead atoms. The summed E-state index contributed by atoms with van der Waals surface area (Å²) in [7, 11) is 0. The highest BCUT2D eigenvalue weighted by atomic mass is 35.5. The monoisotopic (exact) mass is 318 g/mol. The van der Waals surface area contributed by atoms with Crippen LogP contribution in [0.1, 0.15) is 29.5 Å². The summed E-state index contributed by atoms with van der Waals surface area (Å²) in [6.45, 7) is 2.09. The predicted molar refractivity (Wildman–Crippen MR) is 79.7 cm³/mol. The topological polar surface area (TPSA) is 38.9 Å². The summed E-state index contributed by atoms with van der Waals surface area (Å²) in [5.41, 5.74) is 7.60. The first kappa shape index (κ1) is 14.6. The molecule has 0 aliphatic rings. The summed E-state index contributed by atoms with van der Waals surface area (Å²) in [4.78, 5) is 5.40. The van der Waals surface area contributed by atoms with Crippen molar-refractivity contribution in [1.82, 2.24) is 4.98 Å². The molecule has 102 valence electrons. The van der Waals surface area contributed by atoms with Crippen molar-refractivity contribution in [1.29, 1.82) is 0 Å². The van der Waals surface area contributed by atoms with Crippen LogP contribution in [0.15, 0.2) is 12.1 Å². The van der Waals surface area contributed by atoms with Crippen molar-refractivity contribution in [2.45, 2.75) is 26.2 Å². The van der Waals surface area contributed by atoms with E-state index in [9.17, 15) is 4.39 Å². The number of nitrogens with two attached hydrogens (primary N) is 1. The molecule has 0 aliphatic carbocycles. The second-order valence-corrected chi connectivity index (χ2v) is 6.15. The van der Waals surface area contributed by atoms with E-state index in [0.29, 0.717) is 11.6 Å². The Bertz CT molecular complexity index is 575. The van der Waals surface area contributed by atoms with Crippen LogP contribution in [0.3, 0.4) is 0 Å². The third kappa shape index (κ3) is 3.38. The van der Waals surface area contributed by atoms with Crippen molar-refractivity contribution < 1.29 is 4.39 Å². The van der Waals surface area contributed by atoms with Crippen molar-refractivity contribution in [3.8, 4) is 0 Å². The molecular weight excluding hydrogens is 306 g/mol. The van der Waals surface area contributed by atoms with Crippen molar-refractivity contribution in [2.75, 3.05) is 5.73 Å². The quantitative estimate of drug-likeness (QED) is 0.829. The molecule has 1 heterocycles. The molecule has 2 aromatic rings. The fourth-order valence-electron chi connectivity index (χ4n) is 1.87. The number of nitrogens with zero attached hydrogens (tertiary/aromatic N) is 1. The number of rotatable bonds is 4. The molecule has 2 rings (SSSR count). The van der Waals surface area contributed by atoms with Crippen LogP contribution < -0.4 is 5.73 Å². The summed E-state index contributed by atoms with van der Waals surface area (Å²) in [5.74, 6) is -0.579. The van der Waals surface area contributed by atoms with Crippen LogP contribution >= 0.6 is 34.5 Å². The summed E-state index contributed by atoms with van der Waals surface area (Å²) in [5, 5.41) is 0.631. The third-order valence-corrected chi connectivity index (χ3v) is 4.17. The number of hydrogen-bond donors (Lipinski definition) is 1. The summed E-state index contributed by atoms with van der Waals surface area (Å²) >= 11 is 13.0. The van der Waals surface area contributed by atoms with Gasteiger partial charge in [0, 0.05) is 11.3 Å². The summed E-state index contributed by atoms with van der Waals surface area (Å²) in [6.07, 6.45) is 2.50. The molecule has 0 saturated heterocycles. The van der Waals surface area contributed by atoms with Crippen molar-refractivity contribution >= 4 is 39.7 Å². The fourth-order valence-corrected chi connectivity index (χ4v) is 3.31. The lowest BCUT2D eigenvalue weighted by Gasteiger charge is -2.05. The van der Waals surface area contributed by atoms with Crippen molar-refractivity contribution in [3.05, 3.63) is 44.1 Å². The number of aromatic nitrogens is 1. The van der Waals surface area contributed by atoms with E-state index < -0.39 is 5.82 Å². The van der Waals surface area contributed by atoms with Crippen molar-refractivity contribution in [3.63, 3.8) is 0 Å². The number of anilines is 1. The third-order valence-electron chi connectivity index (χ3n) is 2.69. The van der Waals surface area contributed by atoms with Gasteiger partial charge in [-0.3, -0.25) is 0 Å². The number of thiazole rings is 1. The van der Waals surface area contributed by atoms with Gasteiger partial charge in [0.2, 0.25) is 0 Å². The van der Waals surface area contributed by atoms with Crippen LogP contribution in [-0.4, -0.2) is 4.98 Å². The first-order chi connectivity index (χ1) is 9.01. The van der Waals surface area contributed by atoms with Crippen LogP contribution in [0.25, 0.3) is 0 Å². The van der Waals surface area contributed by atoms with E-state index in [1.54, 1.807) is 12.1 Å². The SMILES string of the molecule is CCCc1nc(N)sc1Cc1cc(Cl)c(F)c(Cl)c1. The van der Waals surface area contributed by atoms with Gasteiger partial charge < -0.3 is 5.73 Å². The van der Waals surface area contributed by atoms with Crippen molar-refractivity contribution in [2.24, 2.45) is 0 Å². The van der Waals surface area contributed by atoms with Gasteiger partial charge in [-0.25, -0.2) is 9.37 Å². The molecule has 0 unspecified atom stereocenters. The van der Waals surface area contributed by atoms with Crippen LogP contribution in [0.4, 0.5) is 9.52 Å². The largest absolute Gasteiger partial charge is 0.375 e. The van der Waals surface area contributed by atoms with Crippen LogP contribution in [-0.2, 0) is 12.8 Å². The second kappa shape index (κ2) is 6.07. The summed E-state index contributed by atoms with van der Waals surface area (Å²) in [6, 6.07) is 3.18. The van der Waals surface area contributed by atoms with E-state index in [0.717, 1.165) is 29.0 Å². The van der Waals surface area contributed by atoms with E-state index in [4.69, 9.17) is 28.9 Å². The molecular formula is C13H13Cl2FN2S. The molecule has 1 aromatic carbocycles. The van der Waals surface area contributed by atoms with E-state index in [1.165, 1.54) is 11.3 Å². The molecule has 2 N–H and O–H groups in total. The molecule has 0 atom stereocenters. The van der Waals surface area contributed by atoms with Gasteiger partial charge >= 0.3 is 0 Å². The zero-order valence-electron chi connectivity index (χ0n) is 10.3. The van der Waals surface area contributed by atoms with Gasteiger partial charge in [-0.1, -0.05) is 36.5 Å². The molecule has 0 amide bonds. The van der Waals surface area contributed by atoms with E-state index in [2.05, 4.69) is 11.9 Å². The lowest BCUT2D eigenvalue weighted by molar-refractivity contribution is 0.628. The number of aryl methyl sites for hydroxylation is 1. The molecule has 0 fully saturated rings. The first-order valence-electron chi connectivity index (χ1n) is 5.88. The summed E-state index contributed by atoms with van der Waals surface area (Å²) < 4.78 is 13.4. The Morgan fingerprint density at radius 3 is 2.53 bits per heavy atom. The van der Waals surface area contributed by atoms with Crippen LogP contribution in [0.5, 0.6) is 0 Å². The van der Waals surface area contributed by atoms with E-state index in [-0.39, 0.29) is 10.0 Å². The number of nitrogen functional groups attached to an aromatic ring is 1. The van der Waals surface area contributed by atoms with Crippen LogP contribution in [0.2, 0.25) is 10.0 Å². The van der Waals surface area contributed by atoms with Gasteiger partial charge in [0.1, 0.15) is 0 Å². The molecule has 6 heteroatoms. The molecule has 1 aromatic heterocycles. The zero-order valence-corrected chi connectivity index (χ0v) is 12.7. The minimum Gasteiger partial charge on any atom is -0.375 e. The number of benzene rings is 1. The highest BCUT2D eigenvalue weighted by Gasteiger charge is 2.12. The maximum absolute atomic E-state index is 13.4. The van der Waals surface area contributed by atoms with Gasteiger partial charge in [0.25, 0.3) is 0 Å². The van der Waals surface area contributed by atoms with E-state index in [1.807, 2.05) is 0 Å². The van der Waals surface area contributed by atoms with Gasteiger partial charge in [-0.2, -0.15) is 0 Å². The van der Waals surface area contributed by atoms with E-state index >= 15 is 0 Å². The van der Waals surface area contributed by atoms with Gasteiger partial charge in [-0.05, 0) is 24.1 Å². The fraction of sp³-hybridized carbons (Fsp3) is 0.308. The molecule has 0 radical (unpaired) electrons. The average molecular weight is 319 g/mol. The molecule has 0 spiro atoms. The normalized spacial score (nSPS) is 10.9.